The van der Waals surface area contributed by atoms with Crippen molar-refractivity contribution >= 4 is 74.0 Å². The molecule has 174 valence electrons. The monoisotopic (exact) mass is 579 g/mol. The lowest BCUT2D eigenvalue weighted by atomic mass is 10.2. The molecule has 0 unspecified atom stereocenters. The van der Waals surface area contributed by atoms with Gasteiger partial charge in [-0.25, -0.2) is 9.78 Å². The highest BCUT2D eigenvalue weighted by molar-refractivity contribution is 9.10. The van der Waals surface area contributed by atoms with Crippen LogP contribution in [0, 0.1) is 0 Å². The lowest BCUT2D eigenvalue weighted by molar-refractivity contribution is -0.131. The maximum absolute atomic E-state index is 11.9. The van der Waals surface area contributed by atoms with Gasteiger partial charge in [-0.1, -0.05) is 41.4 Å². The first-order valence-corrected chi connectivity index (χ1v) is 12.1. The van der Waals surface area contributed by atoms with Crippen LogP contribution in [0.2, 0.25) is 10.0 Å². The first-order valence-electron chi connectivity index (χ1n) is 9.76. The number of para-hydroxylation sites is 2. The molecule has 1 heterocycles. The van der Waals surface area contributed by atoms with E-state index in [1.165, 1.54) is 13.2 Å². The lowest BCUT2D eigenvalue weighted by Crippen LogP contribution is -2.00. The number of thioether (sulfide) groups is 1. The zero-order chi connectivity index (χ0) is 24.2. The third-order valence-corrected chi connectivity index (χ3v) is 6.66. The first-order chi connectivity index (χ1) is 16.3. The molecule has 1 N–H and O–H groups in total. The molecule has 1 aromatic heterocycles. The van der Waals surface area contributed by atoms with Crippen molar-refractivity contribution in [2.75, 3.05) is 7.11 Å². The third-order valence-electron chi connectivity index (χ3n) is 4.62. The highest BCUT2D eigenvalue weighted by atomic mass is 79.9. The van der Waals surface area contributed by atoms with Crippen molar-refractivity contribution in [2.45, 2.75) is 11.8 Å². The molecule has 4 aromatic rings. The minimum atomic E-state index is -1.11. The molecule has 10 heteroatoms. The Kier molecular flexibility index (Phi) is 7.73. The normalized spacial score (nSPS) is 11.6. The summed E-state index contributed by atoms with van der Waals surface area (Å²) in [7, 11) is 1.50. The predicted molar refractivity (Wildman–Crippen MR) is 137 cm³/mol. The summed E-state index contributed by atoms with van der Waals surface area (Å²) in [5.41, 5.74) is 2.58. The Bertz CT molecular complexity index is 1370. The van der Waals surface area contributed by atoms with Crippen LogP contribution in [-0.2, 0) is 11.4 Å². The topological polar surface area (TPSA) is 81.8 Å². The number of halogens is 3. The molecule has 34 heavy (non-hydrogen) atoms. The maximum Gasteiger partial charge on any atom is 0.342 e. The molecular weight excluding hydrogens is 565 g/mol. The molecule has 0 aliphatic rings. The van der Waals surface area contributed by atoms with Crippen molar-refractivity contribution in [2.24, 2.45) is 0 Å². The summed E-state index contributed by atoms with van der Waals surface area (Å²) in [5, 5.41) is 11.0. The molecule has 0 radical (unpaired) electrons. The number of hydrogen-bond donors (Lipinski definition) is 1. The molecular formula is C24H16BrCl2NO5S. The number of carbonyl (C=O) groups is 1. The molecule has 0 amide bonds. The SMILES string of the molecule is COc1cc(/C=C(\Sc2nc3ccccc3o2)C(=O)O)cc(Br)c1OCc1ccc(Cl)cc1Cl. The summed E-state index contributed by atoms with van der Waals surface area (Å²) >= 11 is 16.6. The molecule has 0 aliphatic heterocycles. The summed E-state index contributed by atoms with van der Waals surface area (Å²) in [6.45, 7) is 0.189. The summed E-state index contributed by atoms with van der Waals surface area (Å²) in [5.74, 6) is -0.239. The molecule has 0 atom stereocenters. The van der Waals surface area contributed by atoms with Gasteiger partial charge in [0.2, 0.25) is 0 Å². The van der Waals surface area contributed by atoms with Crippen molar-refractivity contribution in [3.63, 3.8) is 0 Å². The highest BCUT2D eigenvalue weighted by Crippen LogP contribution is 2.39. The van der Waals surface area contributed by atoms with Gasteiger partial charge in [-0.05, 0) is 75.7 Å². The Hall–Kier alpha value is -2.65. The number of carboxylic acid groups (broad SMARTS) is 1. The number of nitrogens with zero attached hydrogens (tertiary/aromatic N) is 1. The van der Waals surface area contributed by atoms with Gasteiger partial charge in [-0.15, -0.1) is 0 Å². The quantitative estimate of drug-likeness (QED) is 0.169. The van der Waals surface area contributed by atoms with Gasteiger partial charge in [-0.3, -0.25) is 0 Å². The second-order valence-electron chi connectivity index (χ2n) is 6.92. The van der Waals surface area contributed by atoms with E-state index in [-0.39, 0.29) is 16.7 Å². The van der Waals surface area contributed by atoms with Gasteiger partial charge < -0.3 is 19.0 Å². The Morgan fingerprint density at radius 1 is 1.21 bits per heavy atom. The minimum Gasteiger partial charge on any atom is -0.493 e. The van der Waals surface area contributed by atoms with Crippen molar-refractivity contribution in [3.05, 3.63) is 85.1 Å². The van der Waals surface area contributed by atoms with Crippen LogP contribution in [-0.4, -0.2) is 23.2 Å². The molecule has 0 aliphatic carbocycles. The molecule has 4 rings (SSSR count). The largest absolute Gasteiger partial charge is 0.493 e. The van der Waals surface area contributed by atoms with E-state index in [4.69, 9.17) is 37.1 Å². The van der Waals surface area contributed by atoms with E-state index in [0.29, 0.717) is 42.7 Å². The van der Waals surface area contributed by atoms with Crippen LogP contribution in [0.5, 0.6) is 11.5 Å². The van der Waals surface area contributed by atoms with Crippen molar-refractivity contribution < 1.29 is 23.8 Å². The number of ether oxygens (including phenoxy) is 2. The number of benzene rings is 3. The van der Waals surface area contributed by atoms with Crippen LogP contribution < -0.4 is 9.47 Å². The maximum atomic E-state index is 11.9. The fourth-order valence-corrected chi connectivity index (χ4v) is 4.81. The van der Waals surface area contributed by atoms with Crippen LogP contribution >= 0.6 is 50.9 Å². The molecule has 0 bridgehead atoms. The van der Waals surface area contributed by atoms with Crippen LogP contribution in [0.4, 0.5) is 0 Å². The van der Waals surface area contributed by atoms with Gasteiger partial charge in [-0.2, -0.15) is 0 Å². The van der Waals surface area contributed by atoms with Gasteiger partial charge in [0.15, 0.2) is 17.1 Å². The first kappa shape index (κ1) is 24.5. The van der Waals surface area contributed by atoms with Crippen LogP contribution in [0.1, 0.15) is 11.1 Å². The van der Waals surface area contributed by atoms with Gasteiger partial charge in [0.25, 0.3) is 5.22 Å². The number of hydrogen-bond acceptors (Lipinski definition) is 6. The predicted octanol–water partition coefficient (Wildman–Crippen LogP) is 7.70. The van der Waals surface area contributed by atoms with E-state index in [2.05, 4.69) is 20.9 Å². The average Bonchev–Trinajstić information content (AvgIpc) is 3.21. The Balaban J connectivity index is 1.59. The Morgan fingerprint density at radius 3 is 2.71 bits per heavy atom. The fraction of sp³-hybridized carbons (Fsp3) is 0.0833. The van der Waals surface area contributed by atoms with E-state index in [9.17, 15) is 9.90 Å². The minimum absolute atomic E-state index is 0.0297. The smallest absolute Gasteiger partial charge is 0.342 e. The van der Waals surface area contributed by atoms with Crippen molar-refractivity contribution in [3.8, 4) is 11.5 Å². The van der Waals surface area contributed by atoms with E-state index in [1.807, 2.05) is 12.1 Å². The number of aromatic nitrogens is 1. The van der Waals surface area contributed by atoms with Crippen molar-refractivity contribution in [1.82, 2.24) is 4.98 Å². The highest BCUT2D eigenvalue weighted by Gasteiger charge is 2.17. The van der Waals surface area contributed by atoms with Crippen LogP contribution in [0.25, 0.3) is 17.2 Å². The third kappa shape index (κ3) is 5.70. The average molecular weight is 581 g/mol. The van der Waals surface area contributed by atoms with Gasteiger partial charge in [0.05, 0.1) is 11.6 Å². The molecule has 0 fully saturated rings. The van der Waals surface area contributed by atoms with Crippen molar-refractivity contribution in [1.29, 1.82) is 0 Å². The second kappa shape index (κ2) is 10.7. The number of fused-ring (bicyclic) bond motifs is 1. The zero-order valence-corrected chi connectivity index (χ0v) is 21.5. The van der Waals surface area contributed by atoms with Gasteiger partial charge in [0.1, 0.15) is 17.0 Å². The molecule has 0 saturated heterocycles. The summed E-state index contributed by atoms with van der Waals surface area (Å²) in [6, 6.07) is 15.8. The second-order valence-corrected chi connectivity index (χ2v) is 9.61. The van der Waals surface area contributed by atoms with Crippen LogP contribution in [0.15, 0.2) is 73.6 Å². The molecule has 0 spiro atoms. The number of oxazole rings is 1. The summed E-state index contributed by atoms with van der Waals surface area (Å²) < 4.78 is 17.6. The van der Waals surface area contributed by atoms with Gasteiger partial charge in [0, 0.05) is 15.6 Å². The van der Waals surface area contributed by atoms with Crippen LogP contribution in [0.3, 0.4) is 0 Å². The fourth-order valence-electron chi connectivity index (χ4n) is 3.03. The zero-order valence-electron chi connectivity index (χ0n) is 17.6. The summed E-state index contributed by atoms with van der Waals surface area (Å²) in [6.07, 6.45) is 1.51. The van der Waals surface area contributed by atoms with Gasteiger partial charge >= 0.3 is 5.97 Å². The molecule has 0 saturated carbocycles. The lowest BCUT2D eigenvalue weighted by Gasteiger charge is -2.14. The Labute approximate surface area is 217 Å². The summed E-state index contributed by atoms with van der Waals surface area (Å²) in [4.78, 5) is 16.3. The number of methoxy groups -OCH3 is 1. The number of carboxylic acids is 1. The van der Waals surface area contributed by atoms with E-state index < -0.39 is 5.97 Å². The van der Waals surface area contributed by atoms with E-state index in [1.54, 1.807) is 42.5 Å². The Morgan fingerprint density at radius 2 is 2.00 bits per heavy atom. The number of aliphatic carboxylic acids is 1. The molecule has 3 aromatic carbocycles. The standard InChI is InChI=1S/C24H16BrCl2NO5S/c1-31-20-9-13(8-16(25)22(20)32-12-14-6-7-15(26)11-17(14)27)10-21(23(29)30)34-24-28-18-4-2-3-5-19(18)33-24/h2-11H,12H2,1H3,(H,29,30)/b21-10-. The molecule has 6 nitrogen and oxygen atoms in total. The number of rotatable bonds is 8. The van der Waals surface area contributed by atoms with E-state index >= 15 is 0 Å². The van der Waals surface area contributed by atoms with E-state index in [0.717, 1.165) is 17.3 Å².